The lowest BCUT2D eigenvalue weighted by Gasteiger charge is -2.26. The average Bonchev–Trinajstić information content (AvgIpc) is 2.99. The summed E-state index contributed by atoms with van der Waals surface area (Å²) in [6.07, 6.45) is 1.54. The van der Waals surface area contributed by atoms with Crippen molar-refractivity contribution < 1.29 is 14.0 Å². The highest BCUT2D eigenvalue weighted by molar-refractivity contribution is 5.96. The molecule has 0 saturated carbocycles. The number of carbonyl (C=O) groups excluding carboxylic acids is 2. The van der Waals surface area contributed by atoms with Crippen LogP contribution in [0.15, 0.2) is 34.9 Å². The van der Waals surface area contributed by atoms with Gasteiger partial charge in [0.05, 0.1) is 6.26 Å². The molecule has 0 atom stereocenters. The molecule has 1 heterocycles. The molecule has 5 nitrogen and oxygen atoms in total. The molecule has 2 rings (SSSR count). The Bertz CT molecular complexity index is 709. The molecular formula is C20H28N2O3. The molecule has 1 aromatic carbocycles. The van der Waals surface area contributed by atoms with E-state index >= 15 is 0 Å². The third kappa shape index (κ3) is 5.93. The molecule has 0 saturated heterocycles. The van der Waals surface area contributed by atoms with E-state index in [1.165, 1.54) is 0 Å². The summed E-state index contributed by atoms with van der Waals surface area (Å²) in [5.74, 6) is 0.417. The number of fused-ring (bicyclic) bond motifs is 1. The number of hydrogen-bond acceptors (Lipinski definition) is 3. The van der Waals surface area contributed by atoms with Gasteiger partial charge in [0.15, 0.2) is 0 Å². The first-order valence-corrected chi connectivity index (χ1v) is 8.85. The molecule has 1 aromatic heterocycles. The Labute approximate surface area is 149 Å². The Morgan fingerprint density at radius 3 is 2.40 bits per heavy atom. The van der Waals surface area contributed by atoms with E-state index < -0.39 is 0 Å². The molecule has 25 heavy (non-hydrogen) atoms. The molecule has 0 radical (unpaired) electrons. The fraction of sp³-hybridized carbons (Fsp3) is 0.500. The summed E-state index contributed by atoms with van der Waals surface area (Å²) in [5.41, 5.74) is 1.80. The maximum Gasteiger partial charge on any atom is 0.232 e. The molecule has 2 amide bonds. The summed E-state index contributed by atoms with van der Waals surface area (Å²) in [7, 11) is 0. The summed E-state index contributed by atoms with van der Waals surface area (Å²) in [6.45, 7) is 10.1. The minimum atomic E-state index is -0.241. The van der Waals surface area contributed by atoms with Crippen LogP contribution in [0.4, 0.5) is 0 Å². The molecule has 0 unspecified atom stereocenters. The highest BCUT2D eigenvalue weighted by atomic mass is 16.3. The first-order chi connectivity index (χ1) is 11.8. The zero-order valence-corrected chi connectivity index (χ0v) is 15.5. The van der Waals surface area contributed by atoms with Crippen molar-refractivity contribution in [3.05, 3.63) is 36.1 Å². The maximum atomic E-state index is 12.4. The highest BCUT2D eigenvalue weighted by Gasteiger charge is 2.19. The number of benzene rings is 1. The van der Waals surface area contributed by atoms with Gasteiger partial charge in [0.25, 0.3) is 0 Å². The van der Waals surface area contributed by atoms with Crippen molar-refractivity contribution >= 4 is 22.8 Å². The van der Waals surface area contributed by atoms with Gasteiger partial charge in [-0.1, -0.05) is 33.8 Å². The number of hydrogen-bond donors (Lipinski definition) is 1. The normalized spacial score (nSPS) is 11.3. The molecule has 0 bridgehead atoms. The molecule has 2 aromatic rings. The monoisotopic (exact) mass is 344 g/mol. The number of nitrogens with one attached hydrogen (secondary N) is 1. The Morgan fingerprint density at radius 1 is 1.08 bits per heavy atom. The van der Waals surface area contributed by atoms with Crippen molar-refractivity contribution in [2.75, 3.05) is 13.1 Å². The van der Waals surface area contributed by atoms with Gasteiger partial charge in [0.2, 0.25) is 11.8 Å². The van der Waals surface area contributed by atoms with Crippen LogP contribution in [-0.2, 0) is 16.1 Å². The van der Waals surface area contributed by atoms with Crippen LogP contribution >= 0.6 is 0 Å². The van der Waals surface area contributed by atoms with E-state index in [1.807, 2.05) is 24.3 Å². The Morgan fingerprint density at radius 2 is 1.76 bits per heavy atom. The summed E-state index contributed by atoms with van der Waals surface area (Å²) in [5, 5.41) is 3.83. The molecule has 1 N–H and O–H groups in total. The second-order valence-electron chi connectivity index (χ2n) is 7.33. The molecule has 0 fully saturated rings. The molecule has 0 aliphatic rings. The number of furan rings is 1. The standard InChI is InChI=1S/C20H28N2O3/c1-14(2)12-22(13-15(3)4)20(24)10-19(23)21-11-16-5-6-18-17(9-16)7-8-25-18/h5-9,14-15H,10-13H2,1-4H3,(H,21,23). The van der Waals surface area contributed by atoms with Crippen molar-refractivity contribution in [2.24, 2.45) is 11.8 Å². The van der Waals surface area contributed by atoms with E-state index in [2.05, 4.69) is 33.0 Å². The van der Waals surface area contributed by atoms with Crippen LogP contribution in [-0.4, -0.2) is 29.8 Å². The first kappa shape index (κ1) is 19.0. The van der Waals surface area contributed by atoms with Gasteiger partial charge < -0.3 is 14.6 Å². The van der Waals surface area contributed by atoms with Crippen LogP contribution in [0.5, 0.6) is 0 Å². The van der Waals surface area contributed by atoms with Crippen LogP contribution in [0.3, 0.4) is 0 Å². The Hall–Kier alpha value is -2.30. The van der Waals surface area contributed by atoms with E-state index in [0.29, 0.717) is 31.5 Å². The molecule has 0 aliphatic carbocycles. The smallest absolute Gasteiger partial charge is 0.232 e. The zero-order valence-electron chi connectivity index (χ0n) is 15.5. The van der Waals surface area contributed by atoms with Gasteiger partial charge in [-0.25, -0.2) is 0 Å². The summed E-state index contributed by atoms with van der Waals surface area (Å²) < 4.78 is 5.30. The fourth-order valence-electron chi connectivity index (χ4n) is 2.80. The number of carbonyl (C=O) groups is 2. The van der Waals surface area contributed by atoms with Crippen molar-refractivity contribution in [2.45, 2.75) is 40.7 Å². The predicted octanol–water partition coefficient (Wildman–Crippen LogP) is 3.58. The number of rotatable bonds is 8. The Balaban J connectivity index is 1.87. The first-order valence-electron chi connectivity index (χ1n) is 8.85. The van der Waals surface area contributed by atoms with E-state index in [1.54, 1.807) is 11.2 Å². The molecular weight excluding hydrogens is 316 g/mol. The molecule has 5 heteroatoms. The lowest BCUT2D eigenvalue weighted by Crippen LogP contribution is -2.39. The van der Waals surface area contributed by atoms with Gasteiger partial charge in [0.1, 0.15) is 12.0 Å². The maximum absolute atomic E-state index is 12.4. The quantitative estimate of drug-likeness (QED) is 0.745. The minimum Gasteiger partial charge on any atom is -0.464 e. The lowest BCUT2D eigenvalue weighted by atomic mass is 10.1. The van der Waals surface area contributed by atoms with Gasteiger partial charge in [-0.15, -0.1) is 0 Å². The third-order valence-electron chi connectivity index (χ3n) is 3.84. The Kier molecular flexibility index (Phi) is 6.62. The lowest BCUT2D eigenvalue weighted by molar-refractivity contribution is -0.137. The van der Waals surface area contributed by atoms with Gasteiger partial charge in [-0.3, -0.25) is 9.59 Å². The van der Waals surface area contributed by atoms with Crippen LogP contribution in [0.2, 0.25) is 0 Å². The van der Waals surface area contributed by atoms with Crippen LogP contribution in [0, 0.1) is 11.8 Å². The molecule has 0 spiro atoms. The predicted molar refractivity (Wildman–Crippen MR) is 98.9 cm³/mol. The molecule has 136 valence electrons. The van der Waals surface area contributed by atoms with Crippen LogP contribution < -0.4 is 5.32 Å². The summed E-state index contributed by atoms with van der Waals surface area (Å²) >= 11 is 0. The van der Waals surface area contributed by atoms with E-state index in [9.17, 15) is 9.59 Å². The van der Waals surface area contributed by atoms with Crippen molar-refractivity contribution in [3.8, 4) is 0 Å². The summed E-state index contributed by atoms with van der Waals surface area (Å²) in [6, 6.07) is 7.66. The fourth-order valence-corrected chi connectivity index (χ4v) is 2.80. The largest absolute Gasteiger partial charge is 0.464 e. The SMILES string of the molecule is CC(C)CN(CC(C)C)C(=O)CC(=O)NCc1ccc2occc2c1. The minimum absolute atomic E-state index is 0.104. The highest BCUT2D eigenvalue weighted by Crippen LogP contribution is 2.16. The van der Waals surface area contributed by atoms with E-state index in [4.69, 9.17) is 4.42 Å². The van der Waals surface area contributed by atoms with E-state index in [0.717, 1.165) is 16.5 Å². The van der Waals surface area contributed by atoms with Crippen molar-refractivity contribution in [3.63, 3.8) is 0 Å². The third-order valence-corrected chi connectivity index (χ3v) is 3.84. The van der Waals surface area contributed by atoms with Crippen molar-refractivity contribution in [1.82, 2.24) is 10.2 Å². The van der Waals surface area contributed by atoms with Gasteiger partial charge in [0, 0.05) is 25.0 Å². The second-order valence-corrected chi connectivity index (χ2v) is 7.33. The number of amides is 2. The van der Waals surface area contributed by atoms with Crippen molar-refractivity contribution in [1.29, 1.82) is 0 Å². The van der Waals surface area contributed by atoms with Gasteiger partial charge >= 0.3 is 0 Å². The average molecular weight is 344 g/mol. The topological polar surface area (TPSA) is 62.6 Å². The van der Waals surface area contributed by atoms with E-state index in [-0.39, 0.29) is 18.2 Å². The van der Waals surface area contributed by atoms with Gasteiger partial charge in [-0.05, 0) is 35.6 Å². The number of nitrogens with zero attached hydrogens (tertiary/aromatic N) is 1. The zero-order chi connectivity index (χ0) is 18.4. The summed E-state index contributed by atoms with van der Waals surface area (Å²) in [4.78, 5) is 26.4. The second kappa shape index (κ2) is 8.70. The van der Waals surface area contributed by atoms with Crippen LogP contribution in [0.25, 0.3) is 11.0 Å². The molecule has 0 aliphatic heterocycles. The van der Waals surface area contributed by atoms with Gasteiger partial charge in [-0.2, -0.15) is 0 Å². The van der Waals surface area contributed by atoms with Crippen LogP contribution in [0.1, 0.15) is 39.7 Å².